The zero-order valence-electron chi connectivity index (χ0n) is 13.7. The molecule has 3 heteroatoms. The number of benzene rings is 2. The molecule has 0 radical (unpaired) electrons. The summed E-state index contributed by atoms with van der Waals surface area (Å²) in [4.78, 5) is 2.63. The Hall–Kier alpha value is -1.32. The van der Waals surface area contributed by atoms with Gasteiger partial charge in [0, 0.05) is 18.8 Å². The van der Waals surface area contributed by atoms with Gasteiger partial charge in [0.15, 0.2) is 0 Å². The van der Waals surface area contributed by atoms with E-state index in [2.05, 4.69) is 47.4 Å². The molecule has 2 aromatic rings. The fourth-order valence-corrected chi connectivity index (χ4v) is 3.44. The molecule has 0 amide bonds. The molecule has 2 N–H and O–H groups in total. The van der Waals surface area contributed by atoms with Crippen LogP contribution in [-0.4, -0.2) is 24.5 Å². The molecule has 1 saturated heterocycles. The van der Waals surface area contributed by atoms with E-state index in [9.17, 15) is 0 Å². The lowest BCUT2D eigenvalue weighted by Crippen LogP contribution is -2.37. The van der Waals surface area contributed by atoms with Crippen molar-refractivity contribution in [1.29, 1.82) is 0 Å². The second-order valence-corrected chi connectivity index (χ2v) is 6.49. The lowest BCUT2D eigenvalue weighted by atomic mass is 9.91. The third-order valence-electron chi connectivity index (χ3n) is 4.67. The van der Waals surface area contributed by atoms with Crippen LogP contribution in [0.4, 0.5) is 5.69 Å². The lowest BCUT2D eigenvalue weighted by Gasteiger charge is -2.33. The zero-order valence-corrected chi connectivity index (χ0v) is 15.4. The van der Waals surface area contributed by atoms with Crippen molar-refractivity contribution in [3.05, 3.63) is 65.7 Å². The standard InChI is InChI=1S/C20H26N2.BrH/c21-20-10-8-17(9-11-20)12-14-22-13-4-7-19(16-22)15-18-5-2-1-3-6-18;/h1-3,5-6,8-11,19H,4,7,12-16,21H2;1H. The summed E-state index contributed by atoms with van der Waals surface area (Å²) in [6.07, 6.45) is 5.05. The normalized spacial score (nSPS) is 18.3. The van der Waals surface area contributed by atoms with E-state index in [1.807, 2.05) is 12.1 Å². The van der Waals surface area contributed by atoms with E-state index in [0.717, 1.165) is 24.6 Å². The number of piperidine rings is 1. The van der Waals surface area contributed by atoms with Crippen LogP contribution >= 0.6 is 17.0 Å². The van der Waals surface area contributed by atoms with Crippen LogP contribution < -0.4 is 5.73 Å². The predicted molar refractivity (Wildman–Crippen MR) is 104 cm³/mol. The van der Waals surface area contributed by atoms with Crippen LogP contribution in [0.1, 0.15) is 24.0 Å². The van der Waals surface area contributed by atoms with E-state index in [-0.39, 0.29) is 17.0 Å². The molecule has 1 atom stereocenters. The largest absolute Gasteiger partial charge is 0.399 e. The van der Waals surface area contributed by atoms with E-state index in [4.69, 9.17) is 5.73 Å². The smallest absolute Gasteiger partial charge is 0.0314 e. The summed E-state index contributed by atoms with van der Waals surface area (Å²) in [5.41, 5.74) is 9.47. The van der Waals surface area contributed by atoms with Gasteiger partial charge in [-0.15, -0.1) is 17.0 Å². The topological polar surface area (TPSA) is 29.3 Å². The van der Waals surface area contributed by atoms with Crippen LogP contribution in [0.5, 0.6) is 0 Å². The minimum atomic E-state index is 0. The molecule has 0 spiro atoms. The lowest BCUT2D eigenvalue weighted by molar-refractivity contribution is 0.176. The van der Waals surface area contributed by atoms with Crippen LogP contribution in [0.3, 0.4) is 0 Å². The number of hydrogen-bond donors (Lipinski definition) is 1. The zero-order chi connectivity index (χ0) is 15.2. The molecule has 124 valence electrons. The minimum Gasteiger partial charge on any atom is -0.399 e. The van der Waals surface area contributed by atoms with Crippen molar-refractivity contribution >= 4 is 22.7 Å². The van der Waals surface area contributed by atoms with Gasteiger partial charge in [0.25, 0.3) is 0 Å². The highest BCUT2D eigenvalue weighted by molar-refractivity contribution is 8.93. The molecule has 1 heterocycles. The summed E-state index contributed by atoms with van der Waals surface area (Å²) in [5.74, 6) is 0.808. The van der Waals surface area contributed by atoms with Crippen LogP contribution in [0.15, 0.2) is 54.6 Å². The second-order valence-electron chi connectivity index (χ2n) is 6.49. The van der Waals surface area contributed by atoms with Crippen LogP contribution in [0.25, 0.3) is 0 Å². The van der Waals surface area contributed by atoms with Crippen molar-refractivity contribution in [2.45, 2.75) is 25.7 Å². The molecule has 0 bridgehead atoms. The van der Waals surface area contributed by atoms with Crippen molar-refractivity contribution in [2.24, 2.45) is 5.92 Å². The van der Waals surface area contributed by atoms with Gasteiger partial charge in [-0.1, -0.05) is 42.5 Å². The number of nitrogens with two attached hydrogens (primary N) is 1. The van der Waals surface area contributed by atoms with Crippen molar-refractivity contribution in [1.82, 2.24) is 4.90 Å². The number of hydrogen-bond acceptors (Lipinski definition) is 2. The number of halogens is 1. The predicted octanol–water partition coefficient (Wildman–Crippen LogP) is 4.34. The molecule has 23 heavy (non-hydrogen) atoms. The van der Waals surface area contributed by atoms with E-state index >= 15 is 0 Å². The van der Waals surface area contributed by atoms with Crippen molar-refractivity contribution in [2.75, 3.05) is 25.4 Å². The molecule has 1 aliphatic heterocycles. The fourth-order valence-electron chi connectivity index (χ4n) is 3.44. The van der Waals surface area contributed by atoms with E-state index in [1.54, 1.807) is 0 Å². The van der Waals surface area contributed by atoms with Crippen molar-refractivity contribution in [3.63, 3.8) is 0 Å². The molecule has 0 saturated carbocycles. The van der Waals surface area contributed by atoms with Gasteiger partial charge in [-0.05, 0) is 61.4 Å². The first-order chi connectivity index (χ1) is 10.8. The van der Waals surface area contributed by atoms with E-state index in [0.29, 0.717) is 0 Å². The van der Waals surface area contributed by atoms with Crippen LogP contribution in [0, 0.1) is 5.92 Å². The molecular formula is C20H27BrN2. The number of nitrogen functional groups attached to an aromatic ring is 1. The first-order valence-corrected chi connectivity index (χ1v) is 8.40. The van der Waals surface area contributed by atoms with Crippen molar-refractivity contribution < 1.29 is 0 Å². The van der Waals surface area contributed by atoms with E-state index < -0.39 is 0 Å². The van der Waals surface area contributed by atoms with E-state index in [1.165, 1.54) is 43.5 Å². The Bertz CT molecular complexity index is 568. The SMILES string of the molecule is Br.Nc1ccc(CCN2CCCC(Cc3ccccc3)C2)cc1. The van der Waals surface area contributed by atoms with Crippen LogP contribution in [-0.2, 0) is 12.8 Å². The second kappa shape index (κ2) is 9.09. The third kappa shape index (κ3) is 5.67. The molecule has 2 nitrogen and oxygen atoms in total. The molecule has 0 aromatic heterocycles. The summed E-state index contributed by atoms with van der Waals surface area (Å²) in [6.45, 7) is 3.65. The first-order valence-electron chi connectivity index (χ1n) is 8.40. The maximum Gasteiger partial charge on any atom is 0.0314 e. The average molecular weight is 375 g/mol. The molecule has 1 fully saturated rings. The maximum atomic E-state index is 5.75. The Morgan fingerprint density at radius 1 is 0.957 bits per heavy atom. The summed E-state index contributed by atoms with van der Waals surface area (Å²) < 4.78 is 0. The quantitative estimate of drug-likeness (QED) is 0.788. The Balaban J connectivity index is 0.00000192. The van der Waals surface area contributed by atoms with Gasteiger partial charge < -0.3 is 10.6 Å². The first kappa shape index (κ1) is 18.0. The number of nitrogens with zero attached hydrogens (tertiary/aromatic N) is 1. The Labute approximate surface area is 150 Å². The maximum absolute atomic E-state index is 5.75. The average Bonchev–Trinajstić information content (AvgIpc) is 2.56. The fraction of sp³-hybridized carbons (Fsp3) is 0.400. The summed E-state index contributed by atoms with van der Waals surface area (Å²) in [5, 5.41) is 0. The Kier molecular flexibility index (Phi) is 7.13. The molecule has 3 rings (SSSR count). The van der Waals surface area contributed by atoms with Crippen molar-refractivity contribution in [3.8, 4) is 0 Å². The monoisotopic (exact) mass is 374 g/mol. The molecular weight excluding hydrogens is 348 g/mol. The van der Waals surface area contributed by atoms with Gasteiger partial charge >= 0.3 is 0 Å². The van der Waals surface area contributed by atoms with Gasteiger partial charge in [-0.3, -0.25) is 0 Å². The molecule has 0 aliphatic carbocycles. The minimum absolute atomic E-state index is 0. The highest BCUT2D eigenvalue weighted by Gasteiger charge is 2.19. The van der Waals surface area contributed by atoms with Gasteiger partial charge in [-0.2, -0.15) is 0 Å². The molecule has 1 unspecified atom stereocenters. The number of likely N-dealkylation sites (tertiary alicyclic amines) is 1. The molecule has 2 aromatic carbocycles. The molecule has 1 aliphatic rings. The van der Waals surface area contributed by atoms with Gasteiger partial charge in [0.2, 0.25) is 0 Å². The summed E-state index contributed by atoms with van der Waals surface area (Å²) >= 11 is 0. The highest BCUT2D eigenvalue weighted by atomic mass is 79.9. The van der Waals surface area contributed by atoms with Gasteiger partial charge in [0.1, 0.15) is 0 Å². The highest BCUT2D eigenvalue weighted by Crippen LogP contribution is 2.21. The Morgan fingerprint density at radius 2 is 1.70 bits per heavy atom. The third-order valence-corrected chi connectivity index (χ3v) is 4.67. The van der Waals surface area contributed by atoms with Gasteiger partial charge in [-0.25, -0.2) is 0 Å². The number of anilines is 1. The Morgan fingerprint density at radius 3 is 2.43 bits per heavy atom. The summed E-state index contributed by atoms with van der Waals surface area (Å²) in [6, 6.07) is 19.2. The number of rotatable bonds is 5. The van der Waals surface area contributed by atoms with Gasteiger partial charge in [0.05, 0.1) is 0 Å². The van der Waals surface area contributed by atoms with Crippen LogP contribution in [0.2, 0.25) is 0 Å². The summed E-state index contributed by atoms with van der Waals surface area (Å²) in [7, 11) is 0.